The Kier molecular flexibility index (Phi) is 4.81. The van der Waals surface area contributed by atoms with Gasteiger partial charge in [0.25, 0.3) is 0 Å². The van der Waals surface area contributed by atoms with Crippen LogP contribution in [0.3, 0.4) is 0 Å². The molecule has 2 amide bonds. The van der Waals surface area contributed by atoms with Gasteiger partial charge in [-0.2, -0.15) is 0 Å². The van der Waals surface area contributed by atoms with Crippen molar-refractivity contribution in [3.8, 4) is 0 Å². The van der Waals surface area contributed by atoms with Crippen molar-refractivity contribution >= 4 is 11.8 Å². The average molecular weight is 292 g/mol. The Hall–Kier alpha value is -1.06. The van der Waals surface area contributed by atoms with Crippen LogP contribution in [0, 0.1) is 23.7 Å². The SMILES string of the molecule is O=C(CC1CC2CCC1C2)NCCCNC(=O)C1CCC1. The molecule has 0 heterocycles. The summed E-state index contributed by atoms with van der Waals surface area (Å²) >= 11 is 0. The van der Waals surface area contributed by atoms with Crippen molar-refractivity contribution in [3.63, 3.8) is 0 Å². The molecule has 3 fully saturated rings. The van der Waals surface area contributed by atoms with Gasteiger partial charge in [-0.3, -0.25) is 9.59 Å². The third kappa shape index (κ3) is 3.78. The van der Waals surface area contributed by atoms with Crippen molar-refractivity contribution in [3.05, 3.63) is 0 Å². The highest BCUT2D eigenvalue weighted by Crippen LogP contribution is 2.49. The number of nitrogens with one attached hydrogen (secondary N) is 2. The summed E-state index contributed by atoms with van der Waals surface area (Å²) in [5.41, 5.74) is 0. The third-order valence-electron chi connectivity index (χ3n) is 5.78. The maximum absolute atomic E-state index is 11.9. The minimum Gasteiger partial charge on any atom is -0.356 e. The number of rotatable bonds is 7. The van der Waals surface area contributed by atoms with E-state index in [4.69, 9.17) is 0 Å². The fourth-order valence-corrected chi connectivity index (χ4v) is 4.28. The number of carbonyl (C=O) groups excluding carboxylic acids is 2. The first kappa shape index (κ1) is 14.9. The van der Waals surface area contributed by atoms with E-state index in [1.54, 1.807) is 0 Å². The van der Waals surface area contributed by atoms with Gasteiger partial charge >= 0.3 is 0 Å². The summed E-state index contributed by atoms with van der Waals surface area (Å²) in [5.74, 6) is 3.05. The van der Waals surface area contributed by atoms with Crippen LogP contribution in [-0.2, 0) is 9.59 Å². The molecule has 3 atom stereocenters. The minimum absolute atomic E-state index is 0.203. The molecule has 2 bridgehead atoms. The first-order chi connectivity index (χ1) is 10.2. The molecule has 21 heavy (non-hydrogen) atoms. The molecule has 0 saturated heterocycles. The van der Waals surface area contributed by atoms with Gasteiger partial charge in [-0.15, -0.1) is 0 Å². The van der Waals surface area contributed by atoms with Gasteiger partial charge in [0.1, 0.15) is 0 Å². The summed E-state index contributed by atoms with van der Waals surface area (Å²) in [6, 6.07) is 0. The van der Waals surface area contributed by atoms with Crippen molar-refractivity contribution in [2.24, 2.45) is 23.7 Å². The zero-order valence-corrected chi connectivity index (χ0v) is 12.9. The predicted molar refractivity (Wildman–Crippen MR) is 81.5 cm³/mol. The van der Waals surface area contributed by atoms with Crippen molar-refractivity contribution in [2.45, 2.75) is 57.8 Å². The summed E-state index contributed by atoms with van der Waals surface area (Å²) in [5, 5.41) is 5.97. The van der Waals surface area contributed by atoms with E-state index in [9.17, 15) is 9.59 Å². The lowest BCUT2D eigenvalue weighted by Gasteiger charge is -2.24. The summed E-state index contributed by atoms with van der Waals surface area (Å²) in [7, 11) is 0. The maximum atomic E-state index is 11.9. The van der Waals surface area contributed by atoms with Crippen LogP contribution in [-0.4, -0.2) is 24.9 Å². The molecule has 0 aromatic rings. The van der Waals surface area contributed by atoms with Gasteiger partial charge in [-0.1, -0.05) is 12.8 Å². The quantitative estimate of drug-likeness (QED) is 0.707. The minimum atomic E-state index is 0.203. The van der Waals surface area contributed by atoms with Crippen LogP contribution in [0.4, 0.5) is 0 Å². The molecule has 0 aromatic heterocycles. The molecule has 118 valence electrons. The van der Waals surface area contributed by atoms with Crippen LogP contribution in [0.25, 0.3) is 0 Å². The molecule has 3 rings (SSSR count). The Morgan fingerprint density at radius 1 is 0.952 bits per heavy atom. The van der Waals surface area contributed by atoms with E-state index >= 15 is 0 Å². The van der Waals surface area contributed by atoms with Crippen LogP contribution < -0.4 is 10.6 Å². The molecule has 3 saturated carbocycles. The van der Waals surface area contributed by atoms with Crippen molar-refractivity contribution in [1.29, 1.82) is 0 Å². The number of hydrogen-bond donors (Lipinski definition) is 2. The van der Waals surface area contributed by atoms with Crippen LogP contribution in [0.1, 0.15) is 57.8 Å². The van der Waals surface area contributed by atoms with Crippen LogP contribution >= 0.6 is 0 Å². The summed E-state index contributed by atoms with van der Waals surface area (Å²) in [6.45, 7) is 1.37. The maximum Gasteiger partial charge on any atom is 0.223 e. The zero-order valence-electron chi connectivity index (χ0n) is 12.9. The van der Waals surface area contributed by atoms with Crippen LogP contribution in [0.2, 0.25) is 0 Å². The van der Waals surface area contributed by atoms with Crippen molar-refractivity contribution < 1.29 is 9.59 Å². The monoisotopic (exact) mass is 292 g/mol. The van der Waals surface area contributed by atoms with E-state index in [-0.39, 0.29) is 17.7 Å². The van der Waals surface area contributed by atoms with Gasteiger partial charge in [0, 0.05) is 25.4 Å². The summed E-state index contributed by atoms with van der Waals surface area (Å²) < 4.78 is 0. The van der Waals surface area contributed by atoms with Crippen LogP contribution in [0.15, 0.2) is 0 Å². The Bertz CT molecular complexity index is 392. The molecule has 2 N–H and O–H groups in total. The number of carbonyl (C=O) groups is 2. The van der Waals surface area contributed by atoms with E-state index in [0.29, 0.717) is 19.0 Å². The van der Waals surface area contributed by atoms with E-state index in [1.807, 2.05) is 0 Å². The van der Waals surface area contributed by atoms with Gasteiger partial charge in [0.2, 0.25) is 11.8 Å². The fourth-order valence-electron chi connectivity index (χ4n) is 4.28. The van der Waals surface area contributed by atoms with Crippen LogP contribution in [0.5, 0.6) is 0 Å². The first-order valence-corrected chi connectivity index (χ1v) is 8.77. The van der Waals surface area contributed by atoms with Gasteiger partial charge < -0.3 is 10.6 Å². The van der Waals surface area contributed by atoms with E-state index in [0.717, 1.165) is 37.5 Å². The summed E-state index contributed by atoms with van der Waals surface area (Å²) in [6.07, 6.45) is 10.2. The second-order valence-electron chi connectivity index (χ2n) is 7.26. The standard InChI is InChI=1S/C17H28N2O2/c20-16(11-15-10-12-5-6-14(15)9-12)18-7-2-8-19-17(21)13-3-1-4-13/h12-15H,1-11H2,(H,18,20)(H,19,21). The molecule has 4 nitrogen and oxygen atoms in total. The predicted octanol–water partition coefficient (Wildman–Crippen LogP) is 2.24. The fraction of sp³-hybridized carbons (Fsp3) is 0.882. The van der Waals surface area contributed by atoms with E-state index in [2.05, 4.69) is 10.6 Å². The molecule has 4 heteroatoms. The van der Waals surface area contributed by atoms with E-state index in [1.165, 1.54) is 32.1 Å². The van der Waals surface area contributed by atoms with Crippen molar-refractivity contribution in [1.82, 2.24) is 10.6 Å². The Morgan fingerprint density at radius 2 is 1.76 bits per heavy atom. The molecule has 0 spiro atoms. The third-order valence-corrected chi connectivity index (χ3v) is 5.78. The van der Waals surface area contributed by atoms with Gasteiger partial charge in [0.05, 0.1) is 0 Å². The molecule has 0 aliphatic heterocycles. The lowest BCUT2D eigenvalue weighted by atomic mass is 9.85. The summed E-state index contributed by atoms with van der Waals surface area (Å²) in [4.78, 5) is 23.6. The first-order valence-electron chi connectivity index (χ1n) is 8.77. The second-order valence-corrected chi connectivity index (χ2v) is 7.26. The molecular formula is C17H28N2O2. The second kappa shape index (κ2) is 6.80. The molecule has 3 aliphatic carbocycles. The number of hydrogen-bond acceptors (Lipinski definition) is 2. The lowest BCUT2D eigenvalue weighted by molar-refractivity contribution is -0.127. The molecular weight excluding hydrogens is 264 g/mol. The van der Waals surface area contributed by atoms with E-state index < -0.39 is 0 Å². The van der Waals surface area contributed by atoms with Gasteiger partial charge in [-0.05, 0) is 56.3 Å². The average Bonchev–Trinajstić information content (AvgIpc) is 2.98. The van der Waals surface area contributed by atoms with Crippen molar-refractivity contribution in [2.75, 3.05) is 13.1 Å². The largest absolute Gasteiger partial charge is 0.356 e. The molecule has 0 aromatic carbocycles. The number of amides is 2. The Balaban J connectivity index is 1.22. The van der Waals surface area contributed by atoms with Gasteiger partial charge in [0.15, 0.2) is 0 Å². The highest BCUT2D eigenvalue weighted by molar-refractivity contribution is 5.79. The Labute approximate surface area is 127 Å². The molecule has 0 radical (unpaired) electrons. The highest BCUT2D eigenvalue weighted by atomic mass is 16.2. The highest BCUT2D eigenvalue weighted by Gasteiger charge is 2.39. The van der Waals surface area contributed by atoms with Gasteiger partial charge in [-0.25, -0.2) is 0 Å². The smallest absolute Gasteiger partial charge is 0.223 e. The molecule has 3 aliphatic rings. The molecule has 3 unspecified atom stereocenters. The number of fused-ring (bicyclic) bond motifs is 2. The lowest BCUT2D eigenvalue weighted by Crippen LogP contribution is -2.36. The normalized spacial score (nSPS) is 31.0. The topological polar surface area (TPSA) is 58.2 Å². The Morgan fingerprint density at radius 3 is 2.38 bits per heavy atom. The zero-order chi connectivity index (χ0) is 14.7.